The second-order valence-corrected chi connectivity index (χ2v) is 12.5. The molecule has 0 aromatic heterocycles. The van der Waals surface area contributed by atoms with Gasteiger partial charge in [0.05, 0.1) is 0 Å². The van der Waals surface area contributed by atoms with Crippen LogP contribution in [0.25, 0.3) is 5.57 Å². The van der Waals surface area contributed by atoms with Crippen LogP contribution in [0.2, 0.25) is 0 Å². The van der Waals surface area contributed by atoms with Crippen molar-refractivity contribution in [3.8, 4) is 5.75 Å². The topological polar surface area (TPSA) is 106 Å². The van der Waals surface area contributed by atoms with E-state index in [-0.39, 0.29) is 17.8 Å². The van der Waals surface area contributed by atoms with Crippen molar-refractivity contribution in [3.05, 3.63) is 102 Å². The maximum absolute atomic E-state index is 14.5. The number of nitrogens with one attached hydrogen (secondary N) is 2. The number of piperidine rings is 1. The summed E-state index contributed by atoms with van der Waals surface area (Å²) >= 11 is 0. The molecule has 9 heteroatoms. The molecule has 0 spiro atoms. The highest BCUT2D eigenvalue weighted by Crippen LogP contribution is 2.28. The Morgan fingerprint density at radius 3 is 2.37 bits per heavy atom. The first-order chi connectivity index (χ1) is 23.8. The van der Waals surface area contributed by atoms with Crippen LogP contribution in [0.15, 0.2) is 95.8 Å². The molecule has 49 heavy (non-hydrogen) atoms. The summed E-state index contributed by atoms with van der Waals surface area (Å²) in [6.07, 6.45) is 14.0. The van der Waals surface area contributed by atoms with Crippen LogP contribution in [0.3, 0.4) is 0 Å². The lowest BCUT2D eigenvalue weighted by Crippen LogP contribution is -2.36. The summed E-state index contributed by atoms with van der Waals surface area (Å²) in [5.41, 5.74) is 5.27. The van der Waals surface area contributed by atoms with Crippen LogP contribution in [0.1, 0.15) is 70.4 Å². The maximum atomic E-state index is 14.5. The van der Waals surface area contributed by atoms with Gasteiger partial charge >= 0.3 is 0 Å². The molecule has 1 atom stereocenters. The molecule has 0 radical (unpaired) electrons. The second-order valence-electron chi connectivity index (χ2n) is 12.5. The van der Waals surface area contributed by atoms with Crippen molar-refractivity contribution in [2.24, 2.45) is 11.1 Å². The molecule has 1 aliphatic rings. The van der Waals surface area contributed by atoms with Gasteiger partial charge in [-0.1, -0.05) is 87.5 Å². The first-order valence-corrected chi connectivity index (χ1v) is 17.5. The maximum Gasteiger partial charge on any atom is 0.256 e. The largest absolute Gasteiger partial charge is 0.490 e. The smallest absolute Gasteiger partial charge is 0.256 e. The molecule has 0 aliphatic carbocycles. The Balaban J connectivity index is 1.93. The summed E-state index contributed by atoms with van der Waals surface area (Å²) in [6, 6.07) is 16.0. The lowest BCUT2D eigenvalue weighted by atomic mass is 9.90. The number of benzene rings is 2. The van der Waals surface area contributed by atoms with E-state index < -0.39 is 5.92 Å². The number of ether oxygens (including phenoxy) is 1. The van der Waals surface area contributed by atoms with Gasteiger partial charge in [-0.2, -0.15) is 0 Å². The van der Waals surface area contributed by atoms with Crippen molar-refractivity contribution < 1.29 is 19.5 Å². The molecule has 3 N–H and O–H groups in total. The predicted molar refractivity (Wildman–Crippen MR) is 201 cm³/mol. The van der Waals surface area contributed by atoms with E-state index in [1.807, 2.05) is 79.6 Å². The van der Waals surface area contributed by atoms with E-state index in [0.29, 0.717) is 19.4 Å². The summed E-state index contributed by atoms with van der Waals surface area (Å²) in [5.74, 6) is 0.559. The Bertz CT molecular complexity index is 1470. The molecule has 0 bridgehead atoms. The highest BCUT2D eigenvalue weighted by molar-refractivity contribution is 6.06. The molecular formula is C40H55N5O4. The lowest BCUT2D eigenvalue weighted by molar-refractivity contribution is -0.115. The van der Waals surface area contributed by atoms with E-state index in [1.165, 1.54) is 0 Å². The quantitative estimate of drug-likeness (QED) is 0.0297. The summed E-state index contributed by atoms with van der Waals surface area (Å²) in [5, 5.41) is 18.7. The molecule has 1 heterocycles. The minimum absolute atomic E-state index is 0.0112. The first-order valence-electron chi connectivity index (χ1n) is 17.5. The van der Waals surface area contributed by atoms with Crippen LogP contribution in [-0.2, 0) is 16.0 Å². The van der Waals surface area contributed by atoms with Gasteiger partial charge in [0.25, 0.3) is 5.91 Å². The fourth-order valence-corrected chi connectivity index (χ4v) is 6.02. The number of nitrogens with zero attached hydrogens (tertiary/aromatic N) is 3. The highest BCUT2D eigenvalue weighted by Gasteiger charge is 2.24. The number of amides is 2. The van der Waals surface area contributed by atoms with Crippen LogP contribution >= 0.6 is 0 Å². The average Bonchev–Trinajstić information content (AvgIpc) is 3.12. The number of amidine groups is 1. The predicted octanol–water partition coefficient (Wildman–Crippen LogP) is 7.10. The van der Waals surface area contributed by atoms with E-state index in [0.717, 1.165) is 91.0 Å². The molecule has 2 aromatic rings. The minimum Gasteiger partial charge on any atom is -0.490 e. The zero-order valence-corrected chi connectivity index (χ0v) is 30.0. The molecule has 2 aromatic carbocycles. The Hall–Kier alpha value is -4.63. The number of oxime groups is 1. The first kappa shape index (κ1) is 38.8. The third-order valence-electron chi connectivity index (χ3n) is 8.90. The molecule has 0 saturated carbocycles. The number of anilines is 1. The van der Waals surface area contributed by atoms with Crippen LogP contribution < -0.4 is 20.3 Å². The molecule has 9 nitrogen and oxygen atoms in total. The fraction of sp³-hybridized carbons (Fsp3) is 0.425. The van der Waals surface area contributed by atoms with Gasteiger partial charge in [0.15, 0.2) is 5.84 Å². The molecule has 264 valence electrons. The van der Waals surface area contributed by atoms with Crippen molar-refractivity contribution in [2.45, 2.75) is 71.8 Å². The van der Waals surface area contributed by atoms with Gasteiger partial charge in [-0.05, 0) is 80.1 Å². The summed E-state index contributed by atoms with van der Waals surface area (Å²) in [7, 11) is 4.04. The number of likely N-dealkylation sites (tertiary alicyclic amines) is 1. The van der Waals surface area contributed by atoms with Crippen molar-refractivity contribution in [1.29, 1.82) is 0 Å². The number of allylic oxidation sites excluding steroid dienone is 5. The highest BCUT2D eigenvalue weighted by atomic mass is 16.5. The molecule has 2 amide bonds. The molecule has 1 fully saturated rings. The van der Waals surface area contributed by atoms with E-state index in [9.17, 15) is 14.8 Å². The summed E-state index contributed by atoms with van der Waals surface area (Å²) in [6.45, 7) is 12.5. The van der Waals surface area contributed by atoms with Crippen molar-refractivity contribution in [2.75, 3.05) is 38.6 Å². The number of hydrogen-bond donors (Lipinski definition) is 3. The van der Waals surface area contributed by atoms with E-state index in [1.54, 1.807) is 12.2 Å². The van der Waals surface area contributed by atoms with Crippen LogP contribution in [0.4, 0.5) is 5.69 Å². The Kier molecular flexibility index (Phi) is 16.4. The molecule has 1 unspecified atom stereocenters. The Morgan fingerprint density at radius 1 is 1.10 bits per heavy atom. The molecule has 3 rings (SSSR count). The summed E-state index contributed by atoms with van der Waals surface area (Å²) < 4.78 is 6.29. The van der Waals surface area contributed by atoms with Crippen LogP contribution in [0, 0.1) is 5.92 Å². The van der Waals surface area contributed by atoms with E-state index >= 15 is 0 Å². The average molecular weight is 670 g/mol. The molecular weight excluding hydrogens is 614 g/mol. The van der Waals surface area contributed by atoms with Crippen molar-refractivity contribution >= 4 is 29.4 Å². The van der Waals surface area contributed by atoms with Gasteiger partial charge in [-0.3, -0.25) is 9.59 Å². The number of rotatable bonds is 18. The normalized spacial score (nSPS) is 15.8. The van der Waals surface area contributed by atoms with Gasteiger partial charge in [0.1, 0.15) is 11.9 Å². The van der Waals surface area contributed by atoms with Crippen molar-refractivity contribution in [3.63, 3.8) is 0 Å². The van der Waals surface area contributed by atoms with Gasteiger partial charge in [0, 0.05) is 56.0 Å². The van der Waals surface area contributed by atoms with E-state index in [2.05, 4.69) is 48.2 Å². The third-order valence-corrected chi connectivity index (χ3v) is 8.90. The lowest BCUT2D eigenvalue weighted by Gasteiger charge is -2.29. The van der Waals surface area contributed by atoms with Crippen molar-refractivity contribution in [1.82, 2.24) is 15.5 Å². The second kappa shape index (κ2) is 20.7. The summed E-state index contributed by atoms with van der Waals surface area (Å²) in [4.78, 5) is 29.8. The standard InChI is InChI=1S/C40H55N5O4/c1-7-10-12-13-36(30(4)39(43-48)42-29-46)32-17-15-31(16-18-32)28-37(38(41-5)14-11-8-2)40(47)45(25-9-3)33-19-21-34(22-20-33)49-35-23-26-44(6)27-24-35/h7,10,12-13,15-22,29-30,35,41,48H,1,8-9,11,14,23-28H2,2-6H3,(H,42,43,46)/b12-10-,36-13+,38-37-. The van der Waals surface area contributed by atoms with E-state index in [4.69, 9.17) is 4.74 Å². The van der Waals surface area contributed by atoms with Gasteiger partial charge in [-0.25, -0.2) is 0 Å². The third kappa shape index (κ3) is 11.5. The molecule has 1 aliphatic heterocycles. The SMILES string of the molecule is C=C/C=C\C=C(\c1ccc(C/C(C(=O)N(CCC)c2ccc(OC3CCN(C)CC3)cc2)=C(\CCCC)NC)cc1)C(C)/C(=N/O)NC=O. The van der Waals surface area contributed by atoms with Gasteiger partial charge < -0.3 is 30.4 Å². The van der Waals surface area contributed by atoms with Crippen LogP contribution in [0.5, 0.6) is 5.75 Å². The molecule has 1 saturated heterocycles. The zero-order valence-electron chi connectivity index (χ0n) is 30.0. The fourth-order valence-electron chi connectivity index (χ4n) is 6.02. The minimum atomic E-state index is -0.402. The van der Waals surface area contributed by atoms with Gasteiger partial charge in [0.2, 0.25) is 6.41 Å². The monoisotopic (exact) mass is 669 g/mol. The van der Waals surface area contributed by atoms with Gasteiger partial charge in [-0.15, -0.1) is 0 Å². The number of carbonyl (C=O) groups is 2. The Labute approximate surface area is 293 Å². The number of hydrogen-bond acceptors (Lipinski definition) is 7. The number of carbonyl (C=O) groups excluding carboxylic acids is 2. The zero-order chi connectivity index (χ0) is 35.6. The van der Waals surface area contributed by atoms with Crippen LogP contribution in [-0.4, -0.2) is 68.1 Å². The number of unbranched alkanes of at least 4 members (excludes halogenated alkanes) is 1. The Morgan fingerprint density at radius 2 is 1.80 bits per heavy atom.